The average Bonchev–Trinajstić information content (AvgIpc) is 4.25. The lowest BCUT2D eigenvalue weighted by Crippen LogP contribution is -2.03. The van der Waals surface area contributed by atoms with Crippen LogP contribution in [0.1, 0.15) is 162 Å². The number of benzene rings is 1. The summed E-state index contributed by atoms with van der Waals surface area (Å²) in [6.07, 6.45) is 20.6. The van der Waals surface area contributed by atoms with E-state index < -0.39 is 0 Å². The molecule has 1 aromatic carbocycles. The van der Waals surface area contributed by atoms with Gasteiger partial charge in [0, 0.05) is 82.5 Å². The van der Waals surface area contributed by atoms with Gasteiger partial charge in [-0.3, -0.25) is 9.59 Å². The van der Waals surface area contributed by atoms with Gasteiger partial charge in [0.15, 0.2) is 0 Å². The van der Waals surface area contributed by atoms with E-state index in [4.69, 9.17) is 18.2 Å². The zero-order valence-corrected chi connectivity index (χ0v) is 49.4. The van der Waals surface area contributed by atoms with Crippen molar-refractivity contribution in [3.8, 4) is 59.9 Å². The molecule has 0 fully saturated rings. The second-order valence-electron chi connectivity index (χ2n) is 19.2. The van der Waals surface area contributed by atoms with Crippen molar-refractivity contribution >= 4 is 103 Å². The Morgan fingerprint density at radius 3 is 1.11 bits per heavy atom. The summed E-state index contributed by atoms with van der Waals surface area (Å²) in [6.45, 7) is 13.6. The van der Waals surface area contributed by atoms with Crippen LogP contribution >= 0.6 is 79.7 Å². The number of nitrogens with zero attached hydrogens (tertiary/aromatic N) is 2. The SMILES string of the molecule is CCCCCCc1cc(-c2ccc(-c3cc(CCCCCC)c(-c4sc(-c5ccc(C)s5)cc4CCCCCC(=O)OCC)s3)c3nsnc23)sc1-c1sc(-c2ccc(C)s2)cc1CCCCCC(=O)OCC. The first-order valence-electron chi connectivity index (χ1n) is 26.9. The van der Waals surface area contributed by atoms with Crippen molar-refractivity contribution in [3.63, 3.8) is 0 Å². The molecule has 0 unspecified atom stereocenters. The van der Waals surface area contributed by atoms with Gasteiger partial charge in [0.2, 0.25) is 0 Å². The number of unbranched alkanes of at least 4 members (excludes halogenated alkanes) is 10. The van der Waals surface area contributed by atoms with Crippen molar-refractivity contribution in [2.45, 2.75) is 170 Å². The van der Waals surface area contributed by atoms with Crippen LogP contribution in [0.4, 0.5) is 0 Å². The maximum Gasteiger partial charge on any atom is 0.305 e. The second kappa shape index (κ2) is 27.8. The number of aryl methyl sites for hydroxylation is 6. The van der Waals surface area contributed by atoms with Crippen LogP contribution in [0.15, 0.2) is 60.7 Å². The molecular weight excluding hydrogens is 1040 g/mol. The van der Waals surface area contributed by atoms with Gasteiger partial charge >= 0.3 is 11.9 Å². The number of hydrogen-bond acceptors (Lipinski definition) is 13. The molecule has 8 rings (SSSR count). The van der Waals surface area contributed by atoms with Gasteiger partial charge in [-0.1, -0.05) is 77.3 Å². The predicted molar refractivity (Wildman–Crippen MR) is 320 cm³/mol. The van der Waals surface area contributed by atoms with E-state index in [0.29, 0.717) is 26.1 Å². The molecule has 0 aliphatic carbocycles. The Bertz CT molecular complexity index is 2830. The highest BCUT2D eigenvalue weighted by Gasteiger charge is 2.25. The van der Waals surface area contributed by atoms with E-state index in [-0.39, 0.29) is 11.9 Å². The summed E-state index contributed by atoms with van der Waals surface area (Å²) in [5.41, 5.74) is 10.0. The number of hydrogen-bond donors (Lipinski definition) is 0. The Morgan fingerprint density at radius 1 is 0.411 bits per heavy atom. The Labute approximate surface area is 462 Å². The van der Waals surface area contributed by atoms with Gasteiger partial charge in [-0.15, -0.1) is 68.0 Å². The minimum absolute atomic E-state index is 0.0909. The van der Waals surface area contributed by atoms with Gasteiger partial charge in [0.25, 0.3) is 0 Å². The Morgan fingerprint density at radius 2 is 0.767 bits per heavy atom. The number of fused-ring (bicyclic) bond motifs is 1. The van der Waals surface area contributed by atoms with Crippen molar-refractivity contribution in [2.75, 3.05) is 13.2 Å². The van der Waals surface area contributed by atoms with Crippen LogP contribution in [0, 0.1) is 13.8 Å². The highest BCUT2D eigenvalue weighted by Crippen LogP contribution is 2.51. The number of esters is 2. The molecule has 73 heavy (non-hydrogen) atoms. The van der Waals surface area contributed by atoms with Crippen molar-refractivity contribution < 1.29 is 19.1 Å². The third kappa shape index (κ3) is 14.6. The minimum Gasteiger partial charge on any atom is -0.466 e. The normalized spacial score (nSPS) is 11.6. The molecule has 0 bridgehead atoms. The van der Waals surface area contributed by atoms with Crippen molar-refractivity contribution in [2.24, 2.45) is 0 Å². The summed E-state index contributed by atoms with van der Waals surface area (Å²) < 4.78 is 20.6. The Hall–Kier alpha value is -3.82. The van der Waals surface area contributed by atoms with Crippen LogP contribution in [0.5, 0.6) is 0 Å². The summed E-state index contributed by atoms with van der Waals surface area (Å²) >= 11 is 12.9. The molecule has 0 saturated carbocycles. The number of aromatic nitrogens is 2. The summed E-state index contributed by atoms with van der Waals surface area (Å²) in [6, 6.07) is 23.6. The van der Waals surface area contributed by atoms with E-state index in [9.17, 15) is 9.59 Å². The van der Waals surface area contributed by atoms with Gasteiger partial charge in [-0.05, 0) is 163 Å². The third-order valence-corrected chi connectivity index (χ3v) is 21.5. The summed E-state index contributed by atoms with van der Waals surface area (Å²) in [4.78, 5) is 40.4. The van der Waals surface area contributed by atoms with Gasteiger partial charge < -0.3 is 9.47 Å². The molecule has 7 aromatic heterocycles. The third-order valence-electron chi connectivity index (χ3n) is 13.4. The fraction of sp³-hybridized carbons (Fsp3) is 0.467. The first kappa shape index (κ1) is 55.4. The zero-order chi connectivity index (χ0) is 51.1. The fourth-order valence-corrected chi connectivity index (χ4v) is 17.4. The smallest absolute Gasteiger partial charge is 0.305 e. The predicted octanol–water partition coefficient (Wildman–Crippen LogP) is 20.3. The highest BCUT2D eigenvalue weighted by atomic mass is 32.1. The lowest BCUT2D eigenvalue weighted by atomic mass is 10.00. The molecule has 0 aliphatic heterocycles. The van der Waals surface area contributed by atoms with Gasteiger partial charge in [-0.2, -0.15) is 8.75 Å². The largest absolute Gasteiger partial charge is 0.466 e. The number of rotatable bonds is 30. The lowest BCUT2D eigenvalue weighted by molar-refractivity contribution is -0.144. The number of carbonyl (C=O) groups is 2. The van der Waals surface area contributed by atoms with Crippen molar-refractivity contribution in [3.05, 3.63) is 92.7 Å². The number of thiophene rings is 6. The van der Waals surface area contributed by atoms with Crippen molar-refractivity contribution in [1.82, 2.24) is 8.75 Å². The molecule has 0 radical (unpaired) electrons. The minimum atomic E-state index is -0.0909. The standard InChI is InChI=1S/C60H72N2O4S7/c1-7-11-13-17-23-41-35-49(69-57(41)59-43(25-19-15-21-27-53(63)65-9-3)37-51(71-59)47-33-29-39(5)67-47)45-31-32-46(56-55(45)61-73-62-56)50-36-42(24-18-14-12-8-2)58(70-50)60-44(26-20-16-22-28-54(64)66-10-4)38-52(72-60)48-34-30-40(6)68-48/h29-38H,7-28H2,1-6H3. The maximum absolute atomic E-state index is 12.1. The Balaban J connectivity index is 1.15. The van der Waals surface area contributed by atoms with E-state index >= 15 is 0 Å². The average molecular weight is 1110 g/mol. The van der Waals surface area contributed by atoms with Crippen molar-refractivity contribution in [1.29, 1.82) is 0 Å². The van der Waals surface area contributed by atoms with Gasteiger partial charge in [-0.25, -0.2) is 0 Å². The molecule has 0 atom stereocenters. The molecule has 0 N–H and O–H groups in total. The van der Waals surface area contributed by atoms with Gasteiger partial charge in [0.1, 0.15) is 11.0 Å². The summed E-state index contributed by atoms with van der Waals surface area (Å²) in [7, 11) is 0. The molecule has 8 aromatic rings. The quantitative estimate of drug-likeness (QED) is 0.0330. The summed E-state index contributed by atoms with van der Waals surface area (Å²) in [5.74, 6) is -0.182. The van der Waals surface area contributed by atoms with E-state index in [2.05, 4.69) is 88.4 Å². The van der Waals surface area contributed by atoms with Crippen LogP contribution in [-0.2, 0) is 44.7 Å². The zero-order valence-electron chi connectivity index (χ0n) is 43.7. The Kier molecular flexibility index (Phi) is 21.1. The highest BCUT2D eigenvalue weighted by molar-refractivity contribution is 7.28. The molecule has 6 nitrogen and oxygen atoms in total. The van der Waals surface area contributed by atoms with Crippen LogP contribution < -0.4 is 0 Å². The maximum atomic E-state index is 12.1. The molecule has 13 heteroatoms. The molecule has 0 saturated heterocycles. The fourth-order valence-electron chi connectivity index (χ4n) is 9.61. The van der Waals surface area contributed by atoms with Crippen LogP contribution in [0.3, 0.4) is 0 Å². The first-order chi connectivity index (χ1) is 35.7. The van der Waals surface area contributed by atoms with Crippen LogP contribution in [0.2, 0.25) is 0 Å². The van der Waals surface area contributed by atoms with E-state index in [0.717, 1.165) is 75.2 Å². The van der Waals surface area contributed by atoms with Gasteiger partial charge in [0.05, 0.1) is 24.9 Å². The first-order valence-corrected chi connectivity index (χ1v) is 32.5. The summed E-state index contributed by atoms with van der Waals surface area (Å²) in [5, 5.41) is 0. The lowest BCUT2D eigenvalue weighted by Gasteiger charge is -2.06. The van der Waals surface area contributed by atoms with E-state index in [1.165, 1.54) is 155 Å². The molecule has 0 aliphatic rings. The van der Waals surface area contributed by atoms with Crippen LogP contribution in [-0.4, -0.2) is 33.9 Å². The molecule has 0 spiro atoms. The number of ether oxygens (including phenoxy) is 2. The van der Waals surface area contributed by atoms with E-state index in [1.807, 2.05) is 81.9 Å². The molecule has 0 amide bonds. The molecular formula is C60H72N2O4S7. The monoisotopic (exact) mass is 1110 g/mol. The second-order valence-corrected chi connectivity index (χ2v) is 26.5. The van der Waals surface area contributed by atoms with Crippen LogP contribution in [0.25, 0.3) is 70.9 Å². The van der Waals surface area contributed by atoms with E-state index in [1.54, 1.807) is 0 Å². The topological polar surface area (TPSA) is 78.4 Å². The molecule has 7 heterocycles. The molecule has 388 valence electrons. The number of carbonyl (C=O) groups excluding carboxylic acids is 2.